The number of hydrogen-bond donors (Lipinski definition) is 1. The van der Waals surface area contributed by atoms with Gasteiger partial charge in [0.2, 0.25) is 0 Å². The van der Waals surface area contributed by atoms with Gasteiger partial charge >= 0.3 is 5.97 Å². The van der Waals surface area contributed by atoms with Crippen molar-refractivity contribution in [2.45, 2.75) is 13.5 Å². The third-order valence-corrected chi connectivity index (χ3v) is 4.74. The maximum absolute atomic E-state index is 12.6. The Labute approximate surface area is 177 Å². The average Bonchev–Trinajstić information content (AvgIpc) is 2.73. The number of amides is 1. The zero-order chi connectivity index (χ0) is 21.7. The fourth-order valence-electron chi connectivity index (χ4n) is 2.75. The van der Waals surface area contributed by atoms with Crippen LogP contribution in [-0.2, 0) is 11.3 Å². The van der Waals surface area contributed by atoms with E-state index in [0.29, 0.717) is 0 Å². The van der Waals surface area contributed by atoms with Crippen LogP contribution in [0.4, 0.5) is 11.4 Å². The van der Waals surface area contributed by atoms with Crippen LogP contribution in [0.15, 0.2) is 66.7 Å². The molecule has 0 saturated carbocycles. The van der Waals surface area contributed by atoms with Crippen LogP contribution in [-0.4, -0.2) is 16.8 Å². The summed E-state index contributed by atoms with van der Waals surface area (Å²) in [5.41, 5.74) is 2.12. The number of carbonyl (C=O) groups is 2. The number of nitro groups is 1. The van der Waals surface area contributed by atoms with E-state index in [1.54, 1.807) is 18.2 Å². The highest BCUT2D eigenvalue weighted by Crippen LogP contribution is 2.25. The van der Waals surface area contributed by atoms with Crippen LogP contribution in [0.2, 0.25) is 5.02 Å². The number of halogens is 1. The van der Waals surface area contributed by atoms with E-state index >= 15 is 0 Å². The molecule has 3 aromatic carbocycles. The largest absolute Gasteiger partial charge is 0.457 e. The average molecular weight is 425 g/mol. The minimum absolute atomic E-state index is 0.0466. The maximum atomic E-state index is 12.6. The van der Waals surface area contributed by atoms with E-state index in [2.05, 4.69) is 5.32 Å². The van der Waals surface area contributed by atoms with Gasteiger partial charge in [-0.25, -0.2) is 4.79 Å². The number of ether oxygens (including phenoxy) is 1. The first-order valence-electron chi connectivity index (χ1n) is 8.93. The number of rotatable bonds is 6. The van der Waals surface area contributed by atoms with Gasteiger partial charge in [0.25, 0.3) is 11.6 Å². The van der Waals surface area contributed by atoms with E-state index in [-0.39, 0.29) is 34.1 Å². The molecular formula is C22H17ClN2O5. The van der Waals surface area contributed by atoms with Crippen molar-refractivity contribution in [2.24, 2.45) is 0 Å². The number of anilines is 1. The summed E-state index contributed by atoms with van der Waals surface area (Å²) in [6, 6.07) is 17.5. The lowest BCUT2D eigenvalue weighted by molar-refractivity contribution is -0.384. The second-order valence-electron chi connectivity index (χ2n) is 6.42. The molecule has 0 spiro atoms. The molecule has 0 aliphatic heterocycles. The molecule has 8 heteroatoms. The van der Waals surface area contributed by atoms with Gasteiger partial charge in [-0.1, -0.05) is 48.0 Å². The van der Waals surface area contributed by atoms with Crippen molar-refractivity contribution in [2.75, 3.05) is 5.32 Å². The van der Waals surface area contributed by atoms with E-state index in [1.807, 2.05) is 31.2 Å². The maximum Gasteiger partial charge on any atom is 0.340 e. The Bertz CT molecular complexity index is 1130. The summed E-state index contributed by atoms with van der Waals surface area (Å²) in [6.45, 7) is 2.02. The Hall–Kier alpha value is -3.71. The molecule has 0 fully saturated rings. The standard InChI is InChI=1S/C22H17ClN2O5/c1-14-6-2-3-7-15(14)13-30-22(27)18-8-4-5-9-20(18)24-21(26)17-11-10-16(25(28)29)12-19(17)23/h2-12H,13H2,1H3,(H,24,26). The summed E-state index contributed by atoms with van der Waals surface area (Å²) in [7, 11) is 0. The van der Waals surface area contributed by atoms with Crippen molar-refractivity contribution in [3.63, 3.8) is 0 Å². The molecule has 0 bridgehead atoms. The van der Waals surface area contributed by atoms with E-state index in [9.17, 15) is 19.7 Å². The SMILES string of the molecule is Cc1ccccc1COC(=O)c1ccccc1NC(=O)c1ccc([N+](=O)[O-])cc1Cl. The highest BCUT2D eigenvalue weighted by molar-refractivity contribution is 6.34. The highest BCUT2D eigenvalue weighted by atomic mass is 35.5. The van der Waals surface area contributed by atoms with Crippen LogP contribution >= 0.6 is 11.6 Å². The predicted molar refractivity (Wildman–Crippen MR) is 113 cm³/mol. The van der Waals surface area contributed by atoms with Gasteiger partial charge in [0.1, 0.15) is 6.61 Å². The van der Waals surface area contributed by atoms with Gasteiger partial charge in [0.15, 0.2) is 0 Å². The van der Waals surface area contributed by atoms with Gasteiger partial charge < -0.3 is 10.1 Å². The van der Waals surface area contributed by atoms with E-state index in [1.165, 1.54) is 18.2 Å². The van der Waals surface area contributed by atoms with Gasteiger partial charge in [-0.2, -0.15) is 0 Å². The van der Waals surface area contributed by atoms with Crippen LogP contribution in [0.3, 0.4) is 0 Å². The van der Waals surface area contributed by atoms with Gasteiger partial charge in [-0.15, -0.1) is 0 Å². The third kappa shape index (κ3) is 4.82. The van der Waals surface area contributed by atoms with Gasteiger partial charge in [-0.05, 0) is 36.2 Å². The Morgan fingerprint density at radius 1 is 1.03 bits per heavy atom. The van der Waals surface area contributed by atoms with Crippen molar-refractivity contribution in [1.82, 2.24) is 0 Å². The first-order chi connectivity index (χ1) is 14.4. The summed E-state index contributed by atoms with van der Waals surface area (Å²) in [4.78, 5) is 35.4. The van der Waals surface area contributed by atoms with Crippen molar-refractivity contribution in [1.29, 1.82) is 0 Å². The van der Waals surface area contributed by atoms with Crippen LogP contribution in [0.1, 0.15) is 31.8 Å². The zero-order valence-electron chi connectivity index (χ0n) is 15.9. The number of benzene rings is 3. The molecule has 0 heterocycles. The number of carbonyl (C=O) groups excluding carboxylic acids is 2. The molecule has 3 rings (SSSR count). The first-order valence-corrected chi connectivity index (χ1v) is 9.30. The fraction of sp³-hybridized carbons (Fsp3) is 0.0909. The number of non-ortho nitro benzene ring substituents is 1. The van der Waals surface area contributed by atoms with Gasteiger partial charge in [0.05, 0.1) is 26.8 Å². The molecule has 30 heavy (non-hydrogen) atoms. The van der Waals surface area contributed by atoms with Crippen LogP contribution in [0.5, 0.6) is 0 Å². The molecule has 0 radical (unpaired) electrons. The highest BCUT2D eigenvalue weighted by Gasteiger charge is 2.18. The smallest absolute Gasteiger partial charge is 0.340 e. The Morgan fingerprint density at radius 2 is 1.73 bits per heavy atom. The van der Waals surface area contributed by atoms with Crippen molar-refractivity contribution in [3.05, 3.63) is 104 Å². The molecule has 0 aromatic heterocycles. The summed E-state index contributed by atoms with van der Waals surface area (Å²) in [5, 5.41) is 13.4. The van der Waals surface area contributed by atoms with Crippen molar-refractivity contribution < 1.29 is 19.2 Å². The second kappa shape index (κ2) is 9.19. The molecule has 3 aromatic rings. The Balaban J connectivity index is 1.76. The van der Waals surface area contributed by atoms with Gasteiger partial charge in [0, 0.05) is 12.1 Å². The van der Waals surface area contributed by atoms with Gasteiger partial charge in [-0.3, -0.25) is 14.9 Å². The lowest BCUT2D eigenvalue weighted by atomic mass is 10.1. The topological polar surface area (TPSA) is 98.5 Å². The molecular weight excluding hydrogens is 408 g/mol. The Kier molecular flexibility index (Phi) is 6.44. The fourth-order valence-corrected chi connectivity index (χ4v) is 3.02. The minimum atomic E-state index is -0.604. The molecule has 7 nitrogen and oxygen atoms in total. The molecule has 1 amide bonds. The minimum Gasteiger partial charge on any atom is -0.457 e. The summed E-state index contributed by atoms with van der Waals surface area (Å²) >= 11 is 6.01. The summed E-state index contributed by atoms with van der Waals surface area (Å²) < 4.78 is 5.40. The number of aryl methyl sites for hydroxylation is 1. The third-order valence-electron chi connectivity index (χ3n) is 4.42. The molecule has 1 N–H and O–H groups in total. The van der Waals surface area contributed by atoms with Crippen LogP contribution < -0.4 is 5.32 Å². The molecule has 0 unspecified atom stereocenters. The zero-order valence-corrected chi connectivity index (χ0v) is 16.7. The predicted octanol–water partition coefficient (Wildman–Crippen LogP) is 5.17. The second-order valence-corrected chi connectivity index (χ2v) is 6.83. The number of nitro benzene ring substituents is 1. The Morgan fingerprint density at radius 3 is 2.43 bits per heavy atom. The quantitative estimate of drug-likeness (QED) is 0.334. The summed E-state index contributed by atoms with van der Waals surface area (Å²) in [5.74, 6) is -1.20. The van der Waals surface area contributed by atoms with Crippen molar-refractivity contribution in [3.8, 4) is 0 Å². The monoisotopic (exact) mass is 424 g/mol. The lowest BCUT2D eigenvalue weighted by Crippen LogP contribution is -2.16. The van der Waals surface area contributed by atoms with E-state index in [0.717, 1.165) is 17.2 Å². The van der Waals surface area contributed by atoms with Crippen molar-refractivity contribution >= 4 is 34.9 Å². The lowest BCUT2D eigenvalue weighted by Gasteiger charge is -2.12. The number of esters is 1. The van der Waals surface area contributed by atoms with E-state index in [4.69, 9.17) is 16.3 Å². The first kappa shape index (κ1) is 21.0. The molecule has 0 aliphatic rings. The molecule has 0 aliphatic carbocycles. The number of para-hydroxylation sites is 1. The van der Waals surface area contributed by atoms with Crippen LogP contribution in [0, 0.1) is 17.0 Å². The number of nitrogens with zero attached hydrogens (tertiary/aromatic N) is 1. The molecule has 0 atom stereocenters. The molecule has 152 valence electrons. The summed E-state index contributed by atoms with van der Waals surface area (Å²) in [6.07, 6.45) is 0. The van der Waals surface area contributed by atoms with Crippen LogP contribution in [0.25, 0.3) is 0 Å². The normalized spacial score (nSPS) is 10.3. The van der Waals surface area contributed by atoms with E-state index < -0.39 is 16.8 Å². The number of hydrogen-bond acceptors (Lipinski definition) is 5. The molecule has 0 saturated heterocycles. The number of nitrogens with one attached hydrogen (secondary N) is 1.